The zero-order chi connectivity index (χ0) is 15.3. The van der Waals surface area contributed by atoms with Gasteiger partial charge in [0.2, 0.25) is 0 Å². The van der Waals surface area contributed by atoms with Crippen LogP contribution in [0.3, 0.4) is 0 Å². The minimum Gasteiger partial charge on any atom is -0.469 e. The first kappa shape index (κ1) is 16.0. The Morgan fingerprint density at radius 3 is 2.30 bits per heavy atom. The standard InChI is InChI=1S/C12H14ClNO6/c1-4-20-12(17)9-8(11(16)19-3)6(10(13)14-9)5-7(15)18-2/h14H,4-5H2,1-3H3. The molecule has 0 aromatic carbocycles. The number of rotatable bonds is 5. The summed E-state index contributed by atoms with van der Waals surface area (Å²) >= 11 is 5.92. The van der Waals surface area contributed by atoms with E-state index in [2.05, 4.69) is 14.5 Å². The largest absolute Gasteiger partial charge is 0.469 e. The van der Waals surface area contributed by atoms with Gasteiger partial charge in [-0.25, -0.2) is 9.59 Å². The van der Waals surface area contributed by atoms with Gasteiger partial charge >= 0.3 is 17.9 Å². The van der Waals surface area contributed by atoms with Crippen molar-refractivity contribution < 1.29 is 28.6 Å². The first-order valence-corrected chi connectivity index (χ1v) is 6.06. The third-order valence-electron chi connectivity index (χ3n) is 2.47. The van der Waals surface area contributed by atoms with Gasteiger partial charge in [-0.05, 0) is 6.92 Å². The SMILES string of the molecule is CCOC(=O)c1[nH]c(Cl)c(CC(=O)OC)c1C(=O)OC. The second-order valence-corrected chi connectivity index (χ2v) is 4.01. The predicted molar refractivity (Wildman–Crippen MR) is 68.8 cm³/mol. The lowest BCUT2D eigenvalue weighted by Crippen LogP contribution is -2.15. The van der Waals surface area contributed by atoms with Crippen LogP contribution in [0.2, 0.25) is 5.15 Å². The number of aromatic amines is 1. The average Bonchev–Trinajstić information content (AvgIpc) is 2.75. The normalized spacial score (nSPS) is 10.0. The first-order chi connectivity index (χ1) is 9.46. The highest BCUT2D eigenvalue weighted by molar-refractivity contribution is 6.31. The van der Waals surface area contributed by atoms with Gasteiger partial charge < -0.3 is 19.2 Å². The van der Waals surface area contributed by atoms with Crippen molar-refractivity contribution in [3.8, 4) is 0 Å². The van der Waals surface area contributed by atoms with Crippen LogP contribution < -0.4 is 0 Å². The molecular weight excluding hydrogens is 290 g/mol. The summed E-state index contributed by atoms with van der Waals surface area (Å²) in [6, 6.07) is 0. The average molecular weight is 304 g/mol. The van der Waals surface area contributed by atoms with E-state index in [-0.39, 0.29) is 35.0 Å². The minimum atomic E-state index is -0.796. The van der Waals surface area contributed by atoms with Crippen molar-refractivity contribution >= 4 is 29.5 Å². The van der Waals surface area contributed by atoms with Gasteiger partial charge in [0.15, 0.2) is 0 Å². The second-order valence-electron chi connectivity index (χ2n) is 3.63. The Hall–Kier alpha value is -2.02. The van der Waals surface area contributed by atoms with E-state index in [4.69, 9.17) is 16.3 Å². The molecule has 0 aliphatic rings. The molecule has 0 fully saturated rings. The number of carbonyl (C=O) groups excluding carboxylic acids is 3. The van der Waals surface area contributed by atoms with E-state index in [0.29, 0.717) is 0 Å². The molecule has 7 nitrogen and oxygen atoms in total. The van der Waals surface area contributed by atoms with Crippen molar-refractivity contribution in [3.63, 3.8) is 0 Å². The van der Waals surface area contributed by atoms with E-state index in [0.717, 1.165) is 7.11 Å². The Morgan fingerprint density at radius 2 is 1.80 bits per heavy atom. The van der Waals surface area contributed by atoms with Gasteiger partial charge in [0, 0.05) is 5.56 Å². The molecule has 1 heterocycles. The monoisotopic (exact) mass is 303 g/mol. The van der Waals surface area contributed by atoms with E-state index in [9.17, 15) is 14.4 Å². The fraction of sp³-hybridized carbons (Fsp3) is 0.417. The van der Waals surface area contributed by atoms with Gasteiger partial charge in [0.25, 0.3) is 0 Å². The quantitative estimate of drug-likeness (QED) is 0.651. The number of aromatic nitrogens is 1. The fourth-order valence-corrected chi connectivity index (χ4v) is 1.83. The zero-order valence-corrected chi connectivity index (χ0v) is 12.0. The minimum absolute atomic E-state index is 0.0150. The summed E-state index contributed by atoms with van der Waals surface area (Å²) in [4.78, 5) is 37.4. The number of hydrogen-bond acceptors (Lipinski definition) is 6. The smallest absolute Gasteiger partial charge is 0.355 e. The number of hydrogen-bond donors (Lipinski definition) is 1. The van der Waals surface area contributed by atoms with Crippen LogP contribution in [0.15, 0.2) is 0 Å². The molecule has 0 bridgehead atoms. The number of carbonyl (C=O) groups is 3. The lowest BCUT2D eigenvalue weighted by atomic mass is 10.1. The van der Waals surface area contributed by atoms with Crippen LogP contribution in [0.4, 0.5) is 0 Å². The molecule has 0 spiro atoms. The maximum Gasteiger partial charge on any atom is 0.355 e. The van der Waals surface area contributed by atoms with Gasteiger partial charge in [-0.15, -0.1) is 0 Å². The van der Waals surface area contributed by atoms with Gasteiger partial charge in [-0.3, -0.25) is 4.79 Å². The maximum absolute atomic E-state index is 11.8. The molecule has 20 heavy (non-hydrogen) atoms. The van der Waals surface area contributed by atoms with Crippen molar-refractivity contribution in [3.05, 3.63) is 22.0 Å². The summed E-state index contributed by atoms with van der Waals surface area (Å²) < 4.78 is 13.9. The Kier molecular flexibility index (Phi) is 5.57. The summed E-state index contributed by atoms with van der Waals surface area (Å²) in [6.45, 7) is 1.75. The lowest BCUT2D eigenvalue weighted by molar-refractivity contribution is -0.139. The number of ether oxygens (including phenoxy) is 3. The molecule has 0 amide bonds. The topological polar surface area (TPSA) is 94.7 Å². The van der Waals surface area contributed by atoms with Crippen LogP contribution in [0.25, 0.3) is 0 Å². The molecule has 1 rings (SSSR count). The van der Waals surface area contributed by atoms with Crippen molar-refractivity contribution in [2.24, 2.45) is 0 Å². The van der Waals surface area contributed by atoms with E-state index in [1.54, 1.807) is 6.92 Å². The molecule has 0 unspecified atom stereocenters. The second kappa shape index (κ2) is 6.95. The summed E-state index contributed by atoms with van der Waals surface area (Å²) in [7, 11) is 2.35. The van der Waals surface area contributed by atoms with Crippen molar-refractivity contribution in [2.45, 2.75) is 13.3 Å². The van der Waals surface area contributed by atoms with Gasteiger partial charge in [0.1, 0.15) is 10.8 Å². The number of nitrogens with one attached hydrogen (secondary N) is 1. The Labute approximate surface area is 120 Å². The number of esters is 3. The zero-order valence-electron chi connectivity index (χ0n) is 11.2. The van der Waals surface area contributed by atoms with E-state index in [1.807, 2.05) is 0 Å². The highest BCUT2D eigenvalue weighted by Crippen LogP contribution is 2.26. The highest BCUT2D eigenvalue weighted by atomic mass is 35.5. The Bertz CT molecular complexity index is 536. The fourth-order valence-electron chi connectivity index (χ4n) is 1.57. The van der Waals surface area contributed by atoms with Gasteiger partial charge in [-0.1, -0.05) is 11.6 Å². The number of halogens is 1. The third-order valence-corrected chi connectivity index (χ3v) is 2.79. The van der Waals surface area contributed by atoms with Crippen LogP contribution in [0.1, 0.15) is 33.3 Å². The molecule has 1 aromatic rings. The molecule has 110 valence electrons. The molecule has 0 aliphatic heterocycles. The summed E-state index contributed by atoms with van der Waals surface area (Å²) in [5, 5.41) is -0.0150. The maximum atomic E-state index is 11.8. The molecule has 0 saturated heterocycles. The van der Waals surface area contributed by atoms with Crippen LogP contribution in [-0.4, -0.2) is 43.7 Å². The first-order valence-electron chi connectivity index (χ1n) is 5.68. The van der Waals surface area contributed by atoms with Crippen LogP contribution in [0, 0.1) is 0 Å². The van der Waals surface area contributed by atoms with E-state index < -0.39 is 17.9 Å². The van der Waals surface area contributed by atoms with Crippen LogP contribution in [-0.2, 0) is 25.4 Å². The molecule has 1 N–H and O–H groups in total. The van der Waals surface area contributed by atoms with Crippen LogP contribution in [0.5, 0.6) is 0 Å². The van der Waals surface area contributed by atoms with Crippen molar-refractivity contribution in [1.82, 2.24) is 4.98 Å². The summed E-state index contributed by atoms with van der Waals surface area (Å²) in [5.41, 5.74) is -0.141. The molecule has 8 heteroatoms. The Morgan fingerprint density at radius 1 is 1.15 bits per heavy atom. The summed E-state index contributed by atoms with van der Waals surface area (Å²) in [6.07, 6.45) is -0.268. The lowest BCUT2D eigenvalue weighted by Gasteiger charge is -2.05. The predicted octanol–water partition coefficient (Wildman–Crippen LogP) is 1.35. The molecule has 0 radical (unpaired) electrons. The number of methoxy groups -OCH3 is 2. The highest BCUT2D eigenvalue weighted by Gasteiger charge is 2.29. The van der Waals surface area contributed by atoms with Crippen LogP contribution >= 0.6 is 11.6 Å². The third kappa shape index (κ3) is 3.30. The van der Waals surface area contributed by atoms with Gasteiger partial charge in [-0.2, -0.15) is 0 Å². The molecule has 0 atom stereocenters. The van der Waals surface area contributed by atoms with Gasteiger partial charge in [0.05, 0.1) is 32.8 Å². The molecule has 0 saturated carbocycles. The molecular formula is C12H14ClNO6. The summed E-state index contributed by atoms with van der Waals surface area (Å²) in [5.74, 6) is -2.16. The van der Waals surface area contributed by atoms with E-state index in [1.165, 1.54) is 7.11 Å². The molecule has 1 aromatic heterocycles. The van der Waals surface area contributed by atoms with E-state index >= 15 is 0 Å². The number of H-pyrrole nitrogens is 1. The van der Waals surface area contributed by atoms with Crippen molar-refractivity contribution in [1.29, 1.82) is 0 Å². The molecule has 0 aliphatic carbocycles. The van der Waals surface area contributed by atoms with Crippen molar-refractivity contribution in [2.75, 3.05) is 20.8 Å². The Balaban J connectivity index is 3.32.